The maximum absolute atomic E-state index is 11.8. The first kappa shape index (κ1) is 13.6. The minimum absolute atomic E-state index is 0.0238. The van der Waals surface area contributed by atoms with Gasteiger partial charge in [-0.3, -0.25) is 4.79 Å². The number of anilines is 1. The van der Waals surface area contributed by atoms with Crippen LogP contribution in [0, 0.1) is 19.8 Å². The van der Waals surface area contributed by atoms with Crippen LogP contribution in [-0.4, -0.2) is 17.0 Å². The smallest absolute Gasteiger partial charge is 0.336 e. The number of hydrogen-bond acceptors (Lipinski definition) is 2. The zero-order chi connectivity index (χ0) is 14.0. The molecule has 1 fully saturated rings. The van der Waals surface area contributed by atoms with Crippen LogP contribution in [0.2, 0.25) is 0 Å². The first-order valence-electron chi connectivity index (χ1n) is 6.61. The summed E-state index contributed by atoms with van der Waals surface area (Å²) in [6.07, 6.45) is 4.00. The molecule has 0 unspecified atom stereocenters. The molecular weight excluding hydrogens is 242 g/mol. The predicted molar refractivity (Wildman–Crippen MR) is 73.5 cm³/mol. The highest BCUT2D eigenvalue weighted by molar-refractivity contribution is 5.95. The summed E-state index contributed by atoms with van der Waals surface area (Å²) in [4.78, 5) is 23.0. The molecule has 1 aromatic carbocycles. The molecule has 0 spiro atoms. The molecule has 1 aliphatic rings. The highest BCUT2D eigenvalue weighted by Crippen LogP contribution is 2.29. The molecule has 4 heteroatoms. The Morgan fingerprint density at radius 3 is 2.53 bits per heavy atom. The summed E-state index contributed by atoms with van der Waals surface area (Å²) in [6, 6.07) is 3.35. The van der Waals surface area contributed by atoms with Gasteiger partial charge in [0.05, 0.1) is 5.56 Å². The Bertz CT molecular complexity index is 518. The van der Waals surface area contributed by atoms with Gasteiger partial charge in [0.25, 0.3) is 0 Å². The second kappa shape index (κ2) is 5.43. The zero-order valence-corrected chi connectivity index (χ0v) is 11.3. The van der Waals surface area contributed by atoms with E-state index in [4.69, 9.17) is 5.11 Å². The van der Waals surface area contributed by atoms with Gasteiger partial charge in [-0.25, -0.2) is 4.79 Å². The van der Waals surface area contributed by atoms with Crippen molar-refractivity contribution in [2.24, 2.45) is 5.92 Å². The fourth-order valence-electron chi connectivity index (χ4n) is 2.32. The molecule has 0 radical (unpaired) electrons. The van der Waals surface area contributed by atoms with E-state index in [1.54, 1.807) is 6.92 Å². The number of nitrogens with one attached hydrogen (secondary N) is 1. The summed E-state index contributed by atoms with van der Waals surface area (Å²) in [5.41, 5.74) is 2.44. The maximum Gasteiger partial charge on any atom is 0.336 e. The monoisotopic (exact) mass is 261 g/mol. The van der Waals surface area contributed by atoms with Crippen LogP contribution in [0.5, 0.6) is 0 Å². The summed E-state index contributed by atoms with van der Waals surface area (Å²) in [5.74, 6) is -0.481. The molecule has 1 aromatic rings. The molecule has 1 saturated carbocycles. The number of rotatable bonds is 4. The zero-order valence-electron chi connectivity index (χ0n) is 11.3. The van der Waals surface area contributed by atoms with Gasteiger partial charge >= 0.3 is 5.97 Å². The van der Waals surface area contributed by atoms with Gasteiger partial charge < -0.3 is 10.4 Å². The van der Waals surface area contributed by atoms with Gasteiger partial charge in [-0.1, -0.05) is 6.42 Å². The van der Waals surface area contributed by atoms with Crippen LogP contribution in [0.25, 0.3) is 0 Å². The van der Waals surface area contributed by atoms with Gasteiger partial charge in [0.1, 0.15) is 0 Å². The number of amides is 1. The minimum atomic E-state index is -0.962. The first-order chi connectivity index (χ1) is 8.97. The number of aryl methyl sites for hydroxylation is 1. The Morgan fingerprint density at radius 1 is 1.32 bits per heavy atom. The first-order valence-corrected chi connectivity index (χ1v) is 6.61. The fraction of sp³-hybridized carbons (Fsp3) is 0.467. The lowest BCUT2D eigenvalue weighted by molar-refractivity contribution is -0.117. The van der Waals surface area contributed by atoms with E-state index >= 15 is 0 Å². The van der Waals surface area contributed by atoms with Crippen molar-refractivity contribution in [1.82, 2.24) is 0 Å². The molecule has 1 amide bonds. The van der Waals surface area contributed by atoms with E-state index in [1.165, 1.54) is 12.5 Å². The molecular formula is C15H19NO3. The van der Waals surface area contributed by atoms with Crippen LogP contribution in [0.15, 0.2) is 12.1 Å². The van der Waals surface area contributed by atoms with E-state index in [-0.39, 0.29) is 11.5 Å². The van der Waals surface area contributed by atoms with Gasteiger partial charge in [-0.2, -0.15) is 0 Å². The fourth-order valence-corrected chi connectivity index (χ4v) is 2.32. The predicted octanol–water partition coefficient (Wildman–Crippen LogP) is 3.13. The maximum atomic E-state index is 11.8. The van der Waals surface area contributed by atoms with Crippen molar-refractivity contribution in [2.45, 2.75) is 39.5 Å². The van der Waals surface area contributed by atoms with Crippen LogP contribution >= 0.6 is 0 Å². The average molecular weight is 261 g/mol. The highest BCUT2D eigenvalue weighted by atomic mass is 16.4. The number of benzene rings is 1. The molecule has 0 aliphatic heterocycles. The van der Waals surface area contributed by atoms with E-state index in [2.05, 4.69) is 5.32 Å². The standard InChI is InChI=1S/C15H19NO3/c1-9-6-12(8-13(10(9)2)15(18)19)16-14(17)7-11-4-3-5-11/h6,8,11H,3-5,7H2,1-2H3,(H,16,17)(H,18,19). The lowest BCUT2D eigenvalue weighted by Crippen LogP contribution is -2.21. The minimum Gasteiger partial charge on any atom is -0.478 e. The van der Waals surface area contributed by atoms with E-state index < -0.39 is 5.97 Å². The SMILES string of the molecule is Cc1cc(NC(=O)CC2CCC2)cc(C(=O)O)c1C. The Labute approximate surface area is 112 Å². The van der Waals surface area contributed by atoms with Gasteiger partial charge in [-0.05, 0) is 55.9 Å². The summed E-state index contributed by atoms with van der Waals surface area (Å²) in [6.45, 7) is 3.63. The van der Waals surface area contributed by atoms with Crippen molar-refractivity contribution in [2.75, 3.05) is 5.32 Å². The summed E-state index contributed by atoms with van der Waals surface area (Å²) in [7, 11) is 0. The highest BCUT2D eigenvalue weighted by Gasteiger charge is 2.21. The van der Waals surface area contributed by atoms with Crippen molar-refractivity contribution in [3.05, 3.63) is 28.8 Å². The Kier molecular flexibility index (Phi) is 3.88. The number of hydrogen-bond donors (Lipinski definition) is 2. The Morgan fingerprint density at radius 2 is 2.00 bits per heavy atom. The molecule has 0 atom stereocenters. The molecule has 0 aromatic heterocycles. The number of carboxylic acid groups (broad SMARTS) is 1. The van der Waals surface area contributed by atoms with E-state index in [9.17, 15) is 9.59 Å². The number of carbonyl (C=O) groups is 2. The molecule has 19 heavy (non-hydrogen) atoms. The molecule has 4 nitrogen and oxygen atoms in total. The molecule has 0 heterocycles. The Balaban J connectivity index is 2.11. The largest absolute Gasteiger partial charge is 0.478 e. The summed E-state index contributed by atoms with van der Waals surface area (Å²) >= 11 is 0. The molecule has 1 aliphatic carbocycles. The van der Waals surface area contributed by atoms with Crippen LogP contribution in [0.3, 0.4) is 0 Å². The summed E-state index contributed by atoms with van der Waals surface area (Å²) < 4.78 is 0. The second-order valence-corrected chi connectivity index (χ2v) is 5.32. The topological polar surface area (TPSA) is 66.4 Å². The third kappa shape index (κ3) is 3.13. The van der Waals surface area contributed by atoms with Crippen molar-refractivity contribution < 1.29 is 14.7 Å². The average Bonchev–Trinajstić information content (AvgIpc) is 2.28. The van der Waals surface area contributed by atoms with Crippen LogP contribution in [0.4, 0.5) is 5.69 Å². The van der Waals surface area contributed by atoms with E-state index in [0.717, 1.165) is 24.0 Å². The quantitative estimate of drug-likeness (QED) is 0.875. The molecule has 0 saturated heterocycles. The number of carboxylic acids is 1. The van der Waals surface area contributed by atoms with Crippen LogP contribution in [0.1, 0.15) is 47.2 Å². The van der Waals surface area contributed by atoms with Gasteiger partial charge in [-0.15, -0.1) is 0 Å². The lowest BCUT2D eigenvalue weighted by Gasteiger charge is -2.24. The van der Waals surface area contributed by atoms with Crippen molar-refractivity contribution in [3.63, 3.8) is 0 Å². The Hall–Kier alpha value is -1.84. The normalized spacial score (nSPS) is 14.8. The molecule has 0 bridgehead atoms. The lowest BCUT2D eigenvalue weighted by atomic mass is 9.83. The number of aromatic carboxylic acids is 1. The number of carbonyl (C=O) groups excluding carboxylic acids is 1. The van der Waals surface area contributed by atoms with Crippen LogP contribution in [-0.2, 0) is 4.79 Å². The van der Waals surface area contributed by atoms with Gasteiger partial charge in [0.2, 0.25) is 5.91 Å². The van der Waals surface area contributed by atoms with E-state index in [0.29, 0.717) is 18.0 Å². The third-order valence-electron chi connectivity index (χ3n) is 3.88. The van der Waals surface area contributed by atoms with Gasteiger partial charge in [0, 0.05) is 12.1 Å². The van der Waals surface area contributed by atoms with Gasteiger partial charge in [0.15, 0.2) is 0 Å². The molecule has 2 rings (SSSR count). The van der Waals surface area contributed by atoms with Crippen molar-refractivity contribution >= 4 is 17.6 Å². The molecule has 2 N–H and O–H groups in total. The summed E-state index contributed by atoms with van der Waals surface area (Å²) in [5, 5.41) is 11.9. The third-order valence-corrected chi connectivity index (χ3v) is 3.88. The van der Waals surface area contributed by atoms with Crippen LogP contribution < -0.4 is 5.32 Å². The van der Waals surface area contributed by atoms with Crippen molar-refractivity contribution in [1.29, 1.82) is 0 Å². The van der Waals surface area contributed by atoms with Crippen molar-refractivity contribution in [3.8, 4) is 0 Å². The van der Waals surface area contributed by atoms with E-state index in [1.807, 2.05) is 13.0 Å². The second-order valence-electron chi connectivity index (χ2n) is 5.32. The molecule has 102 valence electrons.